The Morgan fingerprint density at radius 3 is 3.11 bits per heavy atom. The standard InChI is InChI=1S/C7H10O2/c1-4-5(8)2-3-6-7(4)9-6/h4,6-7H,2-3H2,1H3/t4-,6-,7+/m0/s1. The molecule has 0 radical (unpaired) electrons. The molecule has 1 saturated heterocycles. The SMILES string of the molecule is C[C@H]1C(=O)CC[C@@H]2O[C@@H]21. The van der Waals surface area contributed by atoms with E-state index in [2.05, 4.69) is 0 Å². The number of hydrogen-bond donors (Lipinski definition) is 0. The van der Waals surface area contributed by atoms with Crippen LogP contribution < -0.4 is 0 Å². The maximum absolute atomic E-state index is 11.0. The van der Waals surface area contributed by atoms with Gasteiger partial charge in [0.15, 0.2) is 0 Å². The number of Topliss-reactive ketones (excluding diaryl/α,β-unsaturated/α-hetero) is 1. The van der Waals surface area contributed by atoms with Crippen molar-refractivity contribution < 1.29 is 9.53 Å². The zero-order valence-electron chi connectivity index (χ0n) is 5.46. The lowest BCUT2D eigenvalue weighted by molar-refractivity contribution is -0.123. The van der Waals surface area contributed by atoms with E-state index in [9.17, 15) is 4.79 Å². The van der Waals surface area contributed by atoms with Crippen molar-refractivity contribution in [2.24, 2.45) is 5.92 Å². The topological polar surface area (TPSA) is 29.6 Å². The molecule has 1 saturated carbocycles. The van der Waals surface area contributed by atoms with Gasteiger partial charge >= 0.3 is 0 Å². The molecular weight excluding hydrogens is 116 g/mol. The molecule has 50 valence electrons. The zero-order valence-corrected chi connectivity index (χ0v) is 5.46. The molecule has 0 bridgehead atoms. The second kappa shape index (κ2) is 1.57. The highest BCUT2D eigenvalue weighted by Gasteiger charge is 2.48. The van der Waals surface area contributed by atoms with E-state index < -0.39 is 0 Å². The first-order valence-electron chi connectivity index (χ1n) is 3.47. The van der Waals surface area contributed by atoms with Crippen molar-refractivity contribution in [2.75, 3.05) is 0 Å². The van der Waals surface area contributed by atoms with Gasteiger partial charge < -0.3 is 4.74 Å². The van der Waals surface area contributed by atoms with E-state index in [1.54, 1.807) is 0 Å². The Kier molecular flexibility index (Phi) is 0.943. The molecular formula is C7H10O2. The van der Waals surface area contributed by atoms with E-state index in [0.717, 1.165) is 12.8 Å². The van der Waals surface area contributed by atoms with Gasteiger partial charge in [-0.2, -0.15) is 0 Å². The third-order valence-corrected chi connectivity index (χ3v) is 2.30. The fourth-order valence-electron chi connectivity index (χ4n) is 1.52. The predicted molar refractivity (Wildman–Crippen MR) is 32.1 cm³/mol. The summed E-state index contributed by atoms with van der Waals surface area (Å²) in [4.78, 5) is 11.0. The number of epoxide rings is 1. The Balaban J connectivity index is 2.10. The van der Waals surface area contributed by atoms with Crippen molar-refractivity contribution in [3.8, 4) is 0 Å². The van der Waals surface area contributed by atoms with Crippen LogP contribution >= 0.6 is 0 Å². The third kappa shape index (κ3) is 0.697. The van der Waals surface area contributed by atoms with Crippen LogP contribution in [-0.2, 0) is 9.53 Å². The summed E-state index contributed by atoms with van der Waals surface area (Å²) in [5, 5.41) is 0. The molecule has 1 aliphatic carbocycles. The lowest BCUT2D eigenvalue weighted by Gasteiger charge is -2.10. The first-order chi connectivity index (χ1) is 4.29. The van der Waals surface area contributed by atoms with Crippen LogP contribution in [0.1, 0.15) is 19.8 Å². The Labute approximate surface area is 54.2 Å². The minimum absolute atomic E-state index is 0.184. The van der Waals surface area contributed by atoms with Crippen LogP contribution in [0, 0.1) is 5.92 Å². The van der Waals surface area contributed by atoms with Crippen LogP contribution in [0.5, 0.6) is 0 Å². The third-order valence-electron chi connectivity index (χ3n) is 2.30. The van der Waals surface area contributed by atoms with Crippen LogP contribution in [0.3, 0.4) is 0 Å². The molecule has 1 aliphatic heterocycles. The number of fused-ring (bicyclic) bond motifs is 1. The van der Waals surface area contributed by atoms with E-state index in [0.29, 0.717) is 18.0 Å². The highest BCUT2D eigenvalue weighted by Crippen LogP contribution is 2.38. The molecule has 9 heavy (non-hydrogen) atoms. The zero-order chi connectivity index (χ0) is 6.43. The van der Waals surface area contributed by atoms with Gasteiger partial charge in [0, 0.05) is 12.3 Å². The Morgan fingerprint density at radius 1 is 1.67 bits per heavy atom. The molecule has 2 heteroatoms. The Bertz CT molecular complexity index is 153. The molecule has 0 aromatic carbocycles. The normalized spacial score (nSPS) is 48.6. The molecule has 0 aromatic rings. The van der Waals surface area contributed by atoms with Crippen LogP contribution in [0.4, 0.5) is 0 Å². The highest BCUT2D eigenvalue weighted by atomic mass is 16.6. The van der Waals surface area contributed by atoms with Gasteiger partial charge in [0.1, 0.15) is 5.78 Å². The minimum Gasteiger partial charge on any atom is -0.369 e. The molecule has 2 rings (SSSR count). The van der Waals surface area contributed by atoms with Crippen molar-refractivity contribution in [3.05, 3.63) is 0 Å². The molecule has 0 aromatic heterocycles. The maximum Gasteiger partial charge on any atom is 0.138 e. The van der Waals surface area contributed by atoms with E-state index in [1.165, 1.54) is 0 Å². The average molecular weight is 126 g/mol. The van der Waals surface area contributed by atoms with Crippen molar-refractivity contribution in [3.63, 3.8) is 0 Å². The lowest BCUT2D eigenvalue weighted by Crippen LogP contribution is -2.23. The van der Waals surface area contributed by atoms with Crippen molar-refractivity contribution >= 4 is 5.78 Å². The number of carbonyl (C=O) groups excluding carboxylic acids is 1. The monoisotopic (exact) mass is 126 g/mol. The smallest absolute Gasteiger partial charge is 0.138 e. The van der Waals surface area contributed by atoms with Gasteiger partial charge in [0.25, 0.3) is 0 Å². The molecule has 1 heterocycles. The van der Waals surface area contributed by atoms with Crippen molar-refractivity contribution in [1.29, 1.82) is 0 Å². The second-order valence-corrected chi connectivity index (χ2v) is 2.93. The van der Waals surface area contributed by atoms with Crippen molar-refractivity contribution in [1.82, 2.24) is 0 Å². The van der Waals surface area contributed by atoms with Gasteiger partial charge in [0.05, 0.1) is 12.2 Å². The highest BCUT2D eigenvalue weighted by molar-refractivity contribution is 5.82. The van der Waals surface area contributed by atoms with E-state index >= 15 is 0 Å². The average Bonchev–Trinajstić information content (AvgIpc) is 2.58. The molecule has 0 amide bonds. The molecule has 2 fully saturated rings. The number of ether oxygens (including phenoxy) is 1. The molecule has 3 atom stereocenters. The van der Waals surface area contributed by atoms with Gasteiger partial charge in [0.2, 0.25) is 0 Å². The number of ketones is 1. The Morgan fingerprint density at radius 2 is 2.44 bits per heavy atom. The molecule has 2 nitrogen and oxygen atoms in total. The first-order valence-corrected chi connectivity index (χ1v) is 3.47. The van der Waals surface area contributed by atoms with Crippen molar-refractivity contribution in [2.45, 2.75) is 32.0 Å². The predicted octanol–water partition coefficient (Wildman–Crippen LogP) is 0.753. The first kappa shape index (κ1) is 5.42. The second-order valence-electron chi connectivity index (χ2n) is 2.93. The van der Waals surface area contributed by atoms with Gasteiger partial charge in [-0.25, -0.2) is 0 Å². The quantitative estimate of drug-likeness (QED) is 0.448. The summed E-state index contributed by atoms with van der Waals surface area (Å²) < 4.78 is 5.24. The summed E-state index contributed by atoms with van der Waals surface area (Å²) in [5.41, 5.74) is 0. The largest absolute Gasteiger partial charge is 0.369 e. The summed E-state index contributed by atoms with van der Waals surface area (Å²) in [7, 11) is 0. The summed E-state index contributed by atoms with van der Waals surface area (Å²) in [6, 6.07) is 0. The van der Waals surface area contributed by atoms with Gasteiger partial charge in [-0.1, -0.05) is 6.92 Å². The van der Waals surface area contributed by atoms with Gasteiger partial charge in [-0.05, 0) is 6.42 Å². The molecule has 0 N–H and O–H groups in total. The molecule has 0 unspecified atom stereocenters. The fourth-order valence-corrected chi connectivity index (χ4v) is 1.52. The van der Waals surface area contributed by atoms with Gasteiger partial charge in [-0.3, -0.25) is 4.79 Å². The van der Waals surface area contributed by atoms with Crippen LogP contribution in [0.2, 0.25) is 0 Å². The lowest BCUT2D eigenvalue weighted by atomic mass is 9.90. The van der Waals surface area contributed by atoms with Crippen LogP contribution in [-0.4, -0.2) is 18.0 Å². The minimum atomic E-state index is 0.184. The number of rotatable bonds is 0. The number of hydrogen-bond acceptors (Lipinski definition) is 2. The van der Waals surface area contributed by atoms with E-state index in [1.807, 2.05) is 6.92 Å². The number of carbonyl (C=O) groups is 1. The van der Waals surface area contributed by atoms with Crippen LogP contribution in [0.15, 0.2) is 0 Å². The van der Waals surface area contributed by atoms with Gasteiger partial charge in [-0.15, -0.1) is 0 Å². The molecule has 0 spiro atoms. The van der Waals surface area contributed by atoms with E-state index in [4.69, 9.17) is 4.74 Å². The summed E-state index contributed by atoms with van der Waals surface area (Å²) in [6.45, 7) is 1.96. The summed E-state index contributed by atoms with van der Waals surface area (Å²) in [6.07, 6.45) is 2.44. The van der Waals surface area contributed by atoms with Crippen LogP contribution in [0.25, 0.3) is 0 Å². The van der Waals surface area contributed by atoms with E-state index in [-0.39, 0.29) is 5.92 Å². The molecule has 2 aliphatic rings. The summed E-state index contributed by atoms with van der Waals surface area (Å²) in [5.74, 6) is 0.567. The fraction of sp³-hybridized carbons (Fsp3) is 0.857. The summed E-state index contributed by atoms with van der Waals surface area (Å²) >= 11 is 0. The maximum atomic E-state index is 11.0. The Hall–Kier alpha value is -0.370.